The van der Waals surface area contributed by atoms with Crippen LogP contribution >= 0.6 is 11.3 Å². The molecule has 0 fully saturated rings. The molecule has 7 heteroatoms. The van der Waals surface area contributed by atoms with Gasteiger partial charge < -0.3 is 5.73 Å². The van der Waals surface area contributed by atoms with Crippen LogP contribution in [-0.4, -0.2) is 21.8 Å². The van der Waals surface area contributed by atoms with Crippen LogP contribution in [0.25, 0.3) is 0 Å². The third-order valence-corrected chi connectivity index (χ3v) is 4.01. The van der Waals surface area contributed by atoms with Gasteiger partial charge in [-0.25, -0.2) is 9.97 Å². The van der Waals surface area contributed by atoms with E-state index in [1.54, 1.807) is 12.1 Å². The minimum atomic E-state index is -0.621. The highest BCUT2D eigenvalue weighted by molar-refractivity contribution is 7.12. The van der Waals surface area contributed by atoms with Crippen LogP contribution in [0.1, 0.15) is 37.8 Å². The summed E-state index contributed by atoms with van der Waals surface area (Å²) in [7, 11) is 0. The molecule has 2 amide bonds. The van der Waals surface area contributed by atoms with E-state index in [1.807, 2.05) is 5.38 Å². The number of rotatable bonds is 3. The number of nitrogens with zero attached hydrogens (tertiary/aromatic N) is 2. The highest BCUT2D eigenvalue weighted by atomic mass is 32.1. The summed E-state index contributed by atoms with van der Waals surface area (Å²) in [6.45, 7) is 0. The maximum absolute atomic E-state index is 12.0. The predicted molar refractivity (Wildman–Crippen MR) is 78.1 cm³/mol. The van der Waals surface area contributed by atoms with Crippen molar-refractivity contribution in [3.05, 3.63) is 45.8 Å². The van der Waals surface area contributed by atoms with Gasteiger partial charge in [0.1, 0.15) is 5.69 Å². The van der Waals surface area contributed by atoms with Crippen molar-refractivity contribution in [3.8, 4) is 0 Å². The van der Waals surface area contributed by atoms with Gasteiger partial charge in [-0.2, -0.15) is 0 Å². The van der Waals surface area contributed by atoms with E-state index in [4.69, 9.17) is 5.73 Å². The lowest BCUT2D eigenvalue weighted by Crippen LogP contribution is -2.23. The number of thiophene rings is 1. The summed E-state index contributed by atoms with van der Waals surface area (Å²) in [5, 5.41) is 4.42. The van der Waals surface area contributed by atoms with Crippen LogP contribution < -0.4 is 11.1 Å². The van der Waals surface area contributed by atoms with Crippen LogP contribution in [0.15, 0.2) is 17.5 Å². The number of carbonyl (C=O) groups is 2. The van der Waals surface area contributed by atoms with Crippen LogP contribution in [0, 0.1) is 6.42 Å². The topological polar surface area (TPSA) is 98.0 Å². The van der Waals surface area contributed by atoms with Crippen LogP contribution in [-0.2, 0) is 12.8 Å². The summed E-state index contributed by atoms with van der Waals surface area (Å²) < 4.78 is 0. The van der Waals surface area contributed by atoms with E-state index in [9.17, 15) is 9.59 Å². The normalized spacial score (nSPS) is 13.5. The molecule has 2 aromatic heterocycles. The average Bonchev–Trinajstić information content (AvgIpc) is 3.00. The van der Waals surface area contributed by atoms with Crippen LogP contribution in [0.5, 0.6) is 0 Å². The minimum Gasteiger partial charge on any atom is -0.364 e. The van der Waals surface area contributed by atoms with Crippen LogP contribution in [0.2, 0.25) is 0 Å². The highest BCUT2D eigenvalue weighted by Crippen LogP contribution is 2.23. The number of amides is 2. The Morgan fingerprint density at radius 3 is 2.95 bits per heavy atom. The smallest absolute Gasteiger partial charge is 0.268 e. The summed E-state index contributed by atoms with van der Waals surface area (Å²) >= 11 is 1.32. The van der Waals surface area contributed by atoms with Gasteiger partial charge in [0.2, 0.25) is 5.95 Å². The zero-order valence-corrected chi connectivity index (χ0v) is 11.9. The molecule has 0 bridgehead atoms. The standard InChI is InChI=1S/C14H12N4O2S/c15-12(19)11-8-4-1-2-5-9(8)16-14(17-11)18-13(20)10-6-3-7-21-10/h3,6-7H,2,4-5H2,(H2,15,19)(H,16,17,18,20). The molecule has 1 aliphatic carbocycles. The molecule has 0 aliphatic heterocycles. The molecule has 0 unspecified atom stereocenters. The Morgan fingerprint density at radius 2 is 2.24 bits per heavy atom. The fourth-order valence-electron chi connectivity index (χ4n) is 2.17. The van der Waals surface area contributed by atoms with Gasteiger partial charge in [-0.15, -0.1) is 11.3 Å². The molecule has 6 nitrogen and oxygen atoms in total. The van der Waals surface area contributed by atoms with Crippen molar-refractivity contribution >= 4 is 29.1 Å². The van der Waals surface area contributed by atoms with Crippen molar-refractivity contribution in [1.82, 2.24) is 9.97 Å². The number of hydrogen-bond acceptors (Lipinski definition) is 5. The molecule has 2 radical (unpaired) electrons. The molecule has 3 N–H and O–H groups in total. The van der Waals surface area contributed by atoms with Crippen molar-refractivity contribution in [3.63, 3.8) is 0 Å². The minimum absolute atomic E-state index is 0.114. The third-order valence-electron chi connectivity index (χ3n) is 3.14. The molecule has 106 valence electrons. The van der Waals surface area contributed by atoms with Gasteiger partial charge in [-0.3, -0.25) is 14.9 Å². The number of primary amides is 1. The first-order chi connectivity index (χ1) is 10.1. The van der Waals surface area contributed by atoms with E-state index in [0.717, 1.165) is 12.1 Å². The van der Waals surface area contributed by atoms with Gasteiger partial charge in [0.25, 0.3) is 11.8 Å². The fourth-order valence-corrected chi connectivity index (χ4v) is 2.79. The van der Waals surface area contributed by atoms with Crippen molar-refractivity contribution in [2.75, 3.05) is 5.32 Å². The quantitative estimate of drug-likeness (QED) is 0.896. The number of aromatic nitrogens is 2. The van der Waals surface area contributed by atoms with E-state index >= 15 is 0 Å². The molecule has 3 rings (SSSR count). The van der Waals surface area contributed by atoms with Gasteiger partial charge in [-0.1, -0.05) is 6.07 Å². The number of fused-ring (bicyclic) bond motifs is 1. The second kappa shape index (κ2) is 5.61. The molecule has 0 atom stereocenters. The second-order valence-corrected chi connectivity index (χ2v) is 5.49. The molecule has 2 heterocycles. The first-order valence-electron chi connectivity index (χ1n) is 6.40. The molecule has 2 aromatic rings. The second-order valence-electron chi connectivity index (χ2n) is 4.54. The van der Waals surface area contributed by atoms with E-state index in [0.29, 0.717) is 23.3 Å². The fraction of sp³-hybridized carbons (Fsp3) is 0.214. The Kier molecular flexibility index (Phi) is 3.66. The van der Waals surface area contributed by atoms with E-state index in [-0.39, 0.29) is 17.5 Å². The highest BCUT2D eigenvalue weighted by Gasteiger charge is 2.21. The molecule has 0 spiro atoms. The number of anilines is 1. The van der Waals surface area contributed by atoms with Crippen LogP contribution in [0.3, 0.4) is 0 Å². The summed E-state index contributed by atoms with van der Waals surface area (Å²) in [6, 6.07) is 3.49. The Bertz CT molecular complexity index is 697. The summed E-state index contributed by atoms with van der Waals surface area (Å²) in [5.74, 6) is -0.805. The number of nitrogens with one attached hydrogen (secondary N) is 1. The van der Waals surface area contributed by atoms with Crippen molar-refractivity contribution < 1.29 is 9.59 Å². The molecule has 21 heavy (non-hydrogen) atoms. The predicted octanol–water partition coefficient (Wildman–Crippen LogP) is 1.46. The first kappa shape index (κ1) is 13.7. The summed E-state index contributed by atoms with van der Waals surface area (Å²) in [5.41, 5.74) is 6.99. The molecule has 0 aromatic carbocycles. The van der Waals surface area contributed by atoms with Gasteiger partial charge >= 0.3 is 0 Å². The van der Waals surface area contributed by atoms with E-state index in [1.165, 1.54) is 11.3 Å². The van der Waals surface area contributed by atoms with Crippen molar-refractivity contribution in [1.29, 1.82) is 0 Å². The Hall–Kier alpha value is -2.28. The molecule has 0 saturated carbocycles. The lowest BCUT2D eigenvalue weighted by molar-refractivity contribution is 0.0990. The number of aryl methyl sites for hydroxylation is 1. The molecular formula is C14H12N4O2S. The van der Waals surface area contributed by atoms with Gasteiger partial charge in [0.15, 0.2) is 0 Å². The maximum Gasteiger partial charge on any atom is 0.268 e. The Labute approximate surface area is 125 Å². The average molecular weight is 300 g/mol. The largest absolute Gasteiger partial charge is 0.364 e. The van der Waals surface area contributed by atoms with Gasteiger partial charge in [0.05, 0.1) is 10.6 Å². The molecule has 0 saturated heterocycles. The van der Waals surface area contributed by atoms with Gasteiger partial charge in [-0.05, 0) is 37.1 Å². The SMILES string of the molecule is NC(=O)c1nc(NC(=O)c2cccs2)nc2c1C[C]CC2. The molecular weight excluding hydrogens is 288 g/mol. The monoisotopic (exact) mass is 300 g/mol. The zero-order chi connectivity index (χ0) is 14.8. The Morgan fingerprint density at radius 1 is 1.38 bits per heavy atom. The number of carbonyl (C=O) groups excluding carboxylic acids is 2. The van der Waals surface area contributed by atoms with E-state index < -0.39 is 5.91 Å². The van der Waals surface area contributed by atoms with Crippen molar-refractivity contribution in [2.45, 2.75) is 19.3 Å². The van der Waals surface area contributed by atoms with E-state index in [2.05, 4.69) is 21.7 Å². The molecule has 1 aliphatic rings. The number of hydrogen-bond donors (Lipinski definition) is 2. The lowest BCUT2D eigenvalue weighted by Gasteiger charge is -2.17. The summed E-state index contributed by atoms with van der Waals surface area (Å²) in [4.78, 5) is 32.5. The lowest BCUT2D eigenvalue weighted by atomic mass is 9.94. The van der Waals surface area contributed by atoms with Crippen molar-refractivity contribution in [2.24, 2.45) is 5.73 Å². The van der Waals surface area contributed by atoms with Gasteiger partial charge in [0, 0.05) is 5.56 Å². The Balaban J connectivity index is 1.94. The first-order valence-corrected chi connectivity index (χ1v) is 7.28. The zero-order valence-electron chi connectivity index (χ0n) is 11.0. The summed E-state index contributed by atoms with van der Waals surface area (Å²) in [6.07, 6.45) is 5.08. The maximum atomic E-state index is 12.0. The van der Waals surface area contributed by atoms with Crippen LogP contribution in [0.4, 0.5) is 5.95 Å². The third kappa shape index (κ3) is 2.78. The number of nitrogens with two attached hydrogens (primary N) is 1.